The SMILES string of the molecule is COc1cc(Oc2cccc(CO)n2)cc(OC)c1OC. The topological polar surface area (TPSA) is 70.0 Å². The Kier molecular flexibility index (Phi) is 4.84. The molecule has 0 spiro atoms. The summed E-state index contributed by atoms with van der Waals surface area (Å²) in [7, 11) is 4.60. The van der Waals surface area contributed by atoms with Crippen LogP contribution in [-0.4, -0.2) is 31.4 Å². The molecule has 2 rings (SSSR count). The summed E-state index contributed by atoms with van der Waals surface area (Å²) in [6, 6.07) is 8.51. The van der Waals surface area contributed by atoms with Gasteiger partial charge in [-0.25, -0.2) is 4.98 Å². The molecule has 0 saturated heterocycles. The number of methoxy groups -OCH3 is 3. The third-order valence-electron chi connectivity index (χ3n) is 2.80. The van der Waals surface area contributed by atoms with Crippen LogP contribution < -0.4 is 18.9 Å². The molecule has 0 saturated carbocycles. The van der Waals surface area contributed by atoms with E-state index in [1.807, 2.05) is 0 Å². The Balaban J connectivity index is 2.35. The number of rotatable bonds is 6. The average molecular weight is 291 g/mol. The maximum Gasteiger partial charge on any atom is 0.219 e. The van der Waals surface area contributed by atoms with Crippen molar-refractivity contribution in [2.75, 3.05) is 21.3 Å². The van der Waals surface area contributed by atoms with E-state index in [1.165, 1.54) is 21.3 Å². The largest absolute Gasteiger partial charge is 0.493 e. The van der Waals surface area contributed by atoms with Crippen molar-refractivity contribution >= 4 is 0 Å². The fraction of sp³-hybridized carbons (Fsp3) is 0.267. The van der Waals surface area contributed by atoms with E-state index >= 15 is 0 Å². The lowest BCUT2D eigenvalue weighted by atomic mass is 10.2. The van der Waals surface area contributed by atoms with Crippen molar-refractivity contribution in [2.24, 2.45) is 0 Å². The third kappa shape index (κ3) is 3.35. The predicted octanol–water partition coefficient (Wildman–Crippen LogP) is 2.39. The minimum Gasteiger partial charge on any atom is -0.493 e. The minimum absolute atomic E-state index is 0.146. The maximum atomic E-state index is 9.09. The second-order valence-corrected chi connectivity index (χ2v) is 4.09. The number of ether oxygens (including phenoxy) is 4. The van der Waals surface area contributed by atoms with E-state index in [4.69, 9.17) is 24.1 Å². The zero-order chi connectivity index (χ0) is 15.2. The van der Waals surface area contributed by atoms with E-state index < -0.39 is 0 Å². The van der Waals surface area contributed by atoms with E-state index in [0.717, 1.165) is 0 Å². The van der Waals surface area contributed by atoms with Crippen LogP contribution in [0.15, 0.2) is 30.3 Å². The maximum absolute atomic E-state index is 9.09. The summed E-state index contributed by atoms with van der Waals surface area (Å²) in [5.74, 6) is 2.34. The van der Waals surface area contributed by atoms with Gasteiger partial charge in [0.2, 0.25) is 11.6 Å². The molecule has 1 aromatic carbocycles. The van der Waals surface area contributed by atoms with Crippen LogP contribution in [0.2, 0.25) is 0 Å². The summed E-state index contributed by atoms with van der Waals surface area (Å²) in [5.41, 5.74) is 0.528. The highest BCUT2D eigenvalue weighted by Gasteiger charge is 2.14. The fourth-order valence-electron chi connectivity index (χ4n) is 1.84. The van der Waals surface area contributed by atoms with E-state index in [0.29, 0.717) is 34.6 Å². The van der Waals surface area contributed by atoms with Crippen molar-refractivity contribution in [1.29, 1.82) is 0 Å². The van der Waals surface area contributed by atoms with Gasteiger partial charge in [0.1, 0.15) is 5.75 Å². The van der Waals surface area contributed by atoms with Gasteiger partial charge in [0.15, 0.2) is 11.5 Å². The average Bonchev–Trinajstić information content (AvgIpc) is 2.53. The number of pyridine rings is 1. The number of aromatic nitrogens is 1. The lowest BCUT2D eigenvalue weighted by Crippen LogP contribution is -1.97. The summed E-state index contributed by atoms with van der Waals surface area (Å²) in [5, 5.41) is 9.09. The summed E-state index contributed by atoms with van der Waals surface area (Å²) < 4.78 is 21.4. The van der Waals surface area contributed by atoms with E-state index in [2.05, 4.69) is 4.98 Å². The van der Waals surface area contributed by atoms with Gasteiger partial charge < -0.3 is 24.1 Å². The number of hydrogen-bond donors (Lipinski definition) is 1. The van der Waals surface area contributed by atoms with Crippen LogP contribution in [-0.2, 0) is 6.61 Å². The first-order valence-electron chi connectivity index (χ1n) is 6.26. The van der Waals surface area contributed by atoms with E-state index in [-0.39, 0.29) is 6.61 Å². The first-order chi connectivity index (χ1) is 10.2. The molecule has 6 nitrogen and oxygen atoms in total. The first kappa shape index (κ1) is 14.9. The molecule has 1 heterocycles. The lowest BCUT2D eigenvalue weighted by Gasteiger charge is -2.14. The van der Waals surface area contributed by atoms with Crippen LogP contribution in [0.3, 0.4) is 0 Å². The minimum atomic E-state index is -0.146. The molecular weight excluding hydrogens is 274 g/mol. The quantitative estimate of drug-likeness (QED) is 0.881. The molecule has 0 radical (unpaired) electrons. The van der Waals surface area contributed by atoms with Crippen molar-refractivity contribution in [3.05, 3.63) is 36.0 Å². The van der Waals surface area contributed by atoms with Crippen LogP contribution in [0.25, 0.3) is 0 Å². The van der Waals surface area contributed by atoms with Crippen LogP contribution in [0.5, 0.6) is 28.9 Å². The number of aliphatic hydroxyl groups is 1. The summed E-state index contributed by atoms with van der Waals surface area (Å²) in [6.45, 7) is -0.146. The first-order valence-corrected chi connectivity index (χ1v) is 6.26. The fourth-order valence-corrected chi connectivity index (χ4v) is 1.84. The molecule has 0 aliphatic heterocycles. The predicted molar refractivity (Wildman–Crippen MR) is 76.3 cm³/mol. The molecule has 0 fully saturated rings. The van der Waals surface area contributed by atoms with Gasteiger partial charge in [-0.2, -0.15) is 0 Å². The molecule has 0 aliphatic rings. The Hall–Kier alpha value is -2.47. The molecule has 2 aromatic rings. The highest BCUT2D eigenvalue weighted by molar-refractivity contribution is 5.56. The van der Waals surface area contributed by atoms with Crippen molar-refractivity contribution < 1.29 is 24.1 Å². The Morgan fingerprint density at radius 3 is 2.19 bits per heavy atom. The number of hydrogen-bond acceptors (Lipinski definition) is 6. The molecular formula is C15H17NO5. The molecule has 0 bridgehead atoms. The molecule has 0 unspecified atom stereocenters. The Morgan fingerprint density at radius 1 is 1.00 bits per heavy atom. The highest BCUT2D eigenvalue weighted by Crippen LogP contribution is 2.41. The van der Waals surface area contributed by atoms with Gasteiger partial charge >= 0.3 is 0 Å². The smallest absolute Gasteiger partial charge is 0.219 e. The molecule has 0 atom stereocenters. The van der Waals surface area contributed by atoms with Crippen LogP contribution >= 0.6 is 0 Å². The van der Waals surface area contributed by atoms with Crippen LogP contribution in [0, 0.1) is 0 Å². The van der Waals surface area contributed by atoms with Gasteiger partial charge in [-0.1, -0.05) is 6.07 Å². The zero-order valence-electron chi connectivity index (χ0n) is 12.1. The molecule has 0 amide bonds. The second kappa shape index (κ2) is 6.81. The normalized spacial score (nSPS) is 10.1. The second-order valence-electron chi connectivity index (χ2n) is 4.09. The monoisotopic (exact) mass is 291 g/mol. The summed E-state index contributed by atoms with van der Waals surface area (Å²) in [4.78, 5) is 4.15. The number of aliphatic hydroxyl groups excluding tert-OH is 1. The highest BCUT2D eigenvalue weighted by atomic mass is 16.5. The number of nitrogens with zero attached hydrogens (tertiary/aromatic N) is 1. The van der Waals surface area contributed by atoms with Gasteiger partial charge in [-0.15, -0.1) is 0 Å². The molecule has 0 aliphatic carbocycles. The van der Waals surface area contributed by atoms with Crippen molar-refractivity contribution in [2.45, 2.75) is 6.61 Å². The molecule has 6 heteroatoms. The standard InChI is InChI=1S/C15H17NO5/c1-18-12-7-11(8-13(19-2)15(12)20-3)21-14-6-4-5-10(9-17)16-14/h4-8,17H,9H2,1-3H3. The molecule has 112 valence electrons. The van der Waals surface area contributed by atoms with Crippen molar-refractivity contribution in [3.8, 4) is 28.9 Å². The lowest BCUT2D eigenvalue weighted by molar-refractivity contribution is 0.275. The van der Waals surface area contributed by atoms with Gasteiger partial charge in [0.05, 0.1) is 33.6 Å². The molecule has 1 N–H and O–H groups in total. The van der Waals surface area contributed by atoms with Gasteiger partial charge in [-0.3, -0.25) is 0 Å². The molecule has 21 heavy (non-hydrogen) atoms. The molecule has 1 aromatic heterocycles. The number of benzene rings is 1. The van der Waals surface area contributed by atoms with Crippen molar-refractivity contribution in [3.63, 3.8) is 0 Å². The van der Waals surface area contributed by atoms with Crippen LogP contribution in [0.4, 0.5) is 0 Å². The van der Waals surface area contributed by atoms with Gasteiger partial charge in [-0.05, 0) is 6.07 Å². The van der Waals surface area contributed by atoms with E-state index in [9.17, 15) is 0 Å². The summed E-state index contributed by atoms with van der Waals surface area (Å²) >= 11 is 0. The van der Waals surface area contributed by atoms with Crippen molar-refractivity contribution in [1.82, 2.24) is 4.98 Å². The van der Waals surface area contributed by atoms with Crippen LogP contribution in [0.1, 0.15) is 5.69 Å². The zero-order valence-corrected chi connectivity index (χ0v) is 12.1. The van der Waals surface area contributed by atoms with Gasteiger partial charge in [0.25, 0.3) is 0 Å². The Morgan fingerprint density at radius 2 is 1.67 bits per heavy atom. The summed E-state index contributed by atoms with van der Waals surface area (Å²) in [6.07, 6.45) is 0. The Bertz CT molecular complexity index is 590. The third-order valence-corrected chi connectivity index (χ3v) is 2.80. The van der Waals surface area contributed by atoms with Gasteiger partial charge in [0, 0.05) is 18.2 Å². The van der Waals surface area contributed by atoms with E-state index in [1.54, 1.807) is 30.3 Å². The Labute approximate surface area is 122 Å².